The van der Waals surface area contributed by atoms with Gasteiger partial charge in [0.2, 0.25) is 5.91 Å². The van der Waals surface area contributed by atoms with Gasteiger partial charge in [0.25, 0.3) is 0 Å². The number of piperidine rings is 1. The molecule has 0 unspecified atom stereocenters. The van der Waals surface area contributed by atoms with E-state index in [0.717, 1.165) is 25.1 Å². The first-order chi connectivity index (χ1) is 17.6. The van der Waals surface area contributed by atoms with E-state index in [1.807, 2.05) is 18.2 Å². The predicted molar refractivity (Wildman–Crippen MR) is 139 cm³/mol. The zero-order valence-corrected chi connectivity index (χ0v) is 20.1. The minimum absolute atomic E-state index is 0.0396. The Balaban J connectivity index is 1.28. The van der Waals surface area contributed by atoms with Crippen LogP contribution in [0.5, 0.6) is 5.75 Å². The molecular formula is C30H30FN3O2. The summed E-state index contributed by atoms with van der Waals surface area (Å²) in [5, 5.41) is 5.51. The maximum absolute atomic E-state index is 13.6. The highest BCUT2D eigenvalue weighted by Crippen LogP contribution is 2.26. The Morgan fingerprint density at radius 2 is 1.86 bits per heavy atom. The van der Waals surface area contributed by atoms with Crippen LogP contribution in [0.3, 0.4) is 0 Å². The number of rotatable bonds is 8. The average Bonchev–Trinajstić information content (AvgIpc) is 2.91. The van der Waals surface area contributed by atoms with Crippen molar-refractivity contribution in [3.05, 3.63) is 108 Å². The molecule has 2 atom stereocenters. The molecule has 0 aliphatic carbocycles. The third kappa shape index (κ3) is 6.26. The molecule has 1 fully saturated rings. The van der Waals surface area contributed by atoms with Crippen LogP contribution in [0.2, 0.25) is 0 Å². The highest BCUT2D eigenvalue weighted by molar-refractivity contribution is 5.83. The number of nitrogens with zero attached hydrogens (tertiary/aromatic N) is 2. The first-order valence-corrected chi connectivity index (χ1v) is 12.4. The molecule has 1 aliphatic rings. The highest BCUT2D eigenvalue weighted by atomic mass is 19.1. The number of amides is 1. The minimum Gasteiger partial charge on any atom is -0.493 e. The lowest BCUT2D eigenvalue weighted by molar-refractivity contribution is -0.128. The highest BCUT2D eigenvalue weighted by Gasteiger charge is 2.32. The van der Waals surface area contributed by atoms with Crippen LogP contribution in [-0.2, 0) is 17.9 Å². The first kappa shape index (κ1) is 23.9. The molecule has 0 saturated carbocycles. The smallest absolute Gasteiger partial charge is 0.224 e. The van der Waals surface area contributed by atoms with Gasteiger partial charge in [-0.25, -0.2) is 4.39 Å². The fourth-order valence-corrected chi connectivity index (χ4v) is 4.94. The number of halogens is 1. The van der Waals surface area contributed by atoms with Crippen molar-refractivity contribution < 1.29 is 13.9 Å². The Labute approximate surface area is 210 Å². The standard InChI is InChI=1S/C30H30FN3O2/c31-28-8-3-9-29(15-28)36-21-24-14-27(30(35)33-17-23-5-4-12-32-16-23)20-34(19-24)18-22-10-11-25-6-1-2-7-26(25)13-22/h1-13,15-16,24,27H,14,17-21H2,(H,33,35)/t24-,27+/m0/s1. The maximum atomic E-state index is 13.6. The molecule has 0 radical (unpaired) electrons. The molecule has 1 N–H and O–H groups in total. The van der Waals surface area contributed by atoms with Gasteiger partial charge in [0.1, 0.15) is 11.6 Å². The third-order valence-electron chi connectivity index (χ3n) is 6.68. The van der Waals surface area contributed by atoms with Crippen molar-refractivity contribution in [2.24, 2.45) is 11.8 Å². The van der Waals surface area contributed by atoms with Crippen LogP contribution < -0.4 is 10.1 Å². The number of pyridine rings is 1. The van der Waals surface area contributed by atoms with Crippen molar-refractivity contribution in [2.45, 2.75) is 19.5 Å². The largest absolute Gasteiger partial charge is 0.493 e. The summed E-state index contributed by atoms with van der Waals surface area (Å²) in [6.45, 7) is 3.15. The fourth-order valence-electron chi connectivity index (χ4n) is 4.94. The second-order valence-electron chi connectivity index (χ2n) is 9.52. The number of carbonyl (C=O) groups excluding carboxylic acids is 1. The molecule has 2 heterocycles. The van der Waals surface area contributed by atoms with Gasteiger partial charge in [-0.3, -0.25) is 14.7 Å². The van der Waals surface area contributed by atoms with Crippen molar-refractivity contribution in [1.29, 1.82) is 0 Å². The summed E-state index contributed by atoms with van der Waals surface area (Å²) in [5.74, 6) is 0.229. The number of hydrogen-bond donors (Lipinski definition) is 1. The summed E-state index contributed by atoms with van der Waals surface area (Å²) in [6, 6.07) is 24.9. The molecular weight excluding hydrogens is 453 g/mol. The summed E-state index contributed by atoms with van der Waals surface area (Å²) >= 11 is 0. The number of carbonyl (C=O) groups is 1. The zero-order valence-electron chi connectivity index (χ0n) is 20.1. The van der Waals surface area contributed by atoms with Crippen LogP contribution in [0.1, 0.15) is 17.5 Å². The quantitative estimate of drug-likeness (QED) is 0.374. The molecule has 4 aromatic rings. The molecule has 184 valence electrons. The van der Waals surface area contributed by atoms with Gasteiger partial charge in [0.15, 0.2) is 0 Å². The SMILES string of the molecule is O=C(NCc1cccnc1)[C@@H]1C[C@H](COc2cccc(F)c2)CN(Cc2ccc3ccccc3c2)C1. The predicted octanol–water partition coefficient (Wildman–Crippen LogP) is 5.21. The molecule has 1 aromatic heterocycles. The number of likely N-dealkylation sites (tertiary alicyclic amines) is 1. The van der Waals surface area contributed by atoms with E-state index in [1.165, 1.54) is 28.5 Å². The molecule has 36 heavy (non-hydrogen) atoms. The lowest BCUT2D eigenvalue weighted by Gasteiger charge is -2.37. The van der Waals surface area contributed by atoms with E-state index in [2.05, 4.69) is 51.6 Å². The van der Waals surface area contributed by atoms with Gasteiger partial charge in [-0.2, -0.15) is 0 Å². The van der Waals surface area contributed by atoms with Gasteiger partial charge in [-0.15, -0.1) is 0 Å². The molecule has 3 aromatic carbocycles. The maximum Gasteiger partial charge on any atom is 0.224 e. The summed E-state index contributed by atoms with van der Waals surface area (Å²) in [6.07, 6.45) is 4.21. The topological polar surface area (TPSA) is 54.5 Å². The van der Waals surface area contributed by atoms with Gasteiger partial charge in [-0.1, -0.05) is 48.5 Å². The van der Waals surface area contributed by atoms with Gasteiger partial charge < -0.3 is 10.1 Å². The van der Waals surface area contributed by atoms with Crippen LogP contribution in [-0.4, -0.2) is 35.5 Å². The molecule has 0 spiro atoms. The van der Waals surface area contributed by atoms with Crippen LogP contribution in [0.25, 0.3) is 10.8 Å². The van der Waals surface area contributed by atoms with Gasteiger partial charge in [-0.05, 0) is 52.6 Å². The van der Waals surface area contributed by atoms with Crippen molar-refractivity contribution in [1.82, 2.24) is 15.2 Å². The zero-order chi connectivity index (χ0) is 24.7. The van der Waals surface area contributed by atoms with Crippen molar-refractivity contribution in [2.75, 3.05) is 19.7 Å². The van der Waals surface area contributed by atoms with E-state index in [-0.39, 0.29) is 23.6 Å². The molecule has 0 bridgehead atoms. The number of nitrogens with one attached hydrogen (secondary N) is 1. The lowest BCUT2D eigenvalue weighted by atomic mass is 9.88. The number of ether oxygens (including phenoxy) is 1. The Kier molecular flexibility index (Phi) is 7.52. The molecule has 5 rings (SSSR count). The number of benzene rings is 3. The average molecular weight is 484 g/mol. The van der Waals surface area contributed by atoms with Gasteiger partial charge in [0.05, 0.1) is 12.5 Å². The van der Waals surface area contributed by atoms with E-state index in [9.17, 15) is 9.18 Å². The second kappa shape index (κ2) is 11.3. The normalized spacial score (nSPS) is 18.1. The first-order valence-electron chi connectivity index (χ1n) is 12.4. The monoisotopic (exact) mass is 483 g/mol. The fraction of sp³-hybridized carbons (Fsp3) is 0.267. The third-order valence-corrected chi connectivity index (χ3v) is 6.68. The van der Waals surface area contributed by atoms with Crippen LogP contribution in [0.15, 0.2) is 91.3 Å². The number of hydrogen-bond acceptors (Lipinski definition) is 4. The Morgan fingerprint density at radius 3 is 2.69 bits per heavy atom. The summed E-state index contributed by atoms with van der Waals surface area (Å²) < 4.78 is 19.5. The second-order valence-corrected chi connectivity index (χ2v) is 9.52. The molecule has 1 amide bonds. The van der Waals surface area contributed by atoms with Crippen molar-refractivity contribution in [3.63, 3.8) is 0 Å². The molecule has 6 heteroatoms. The van der Waals surface area contributed by atoms with Gasteiger partial charge in [0, 0.05) is 50.6 Å². The van der Waals surface area contributed by atoms with Crippen molar-refractivity contribution >= 4 is 16.7 Å². The Morgan fingerprint density at radius 1 is 0.972 bits per heavy atom. The summed E-state index contributed by atoms with van der Waals surface area (Å²) in [4.78, 5) is 19.6. The van der Waals surface area contributed by atoms with Crippen LogP contribution in [0, 0.1) is 17.7 Å². The molecule has 5 nitrogen and oxygen atoms in total. The van der Waals surface area contributed by atoms with Gasteiger partial charge >= 0.3 is 0 Å². The van der Waals surface area contributed by atoms with E-state index in [1.54, 1.807) is 24.5 Å². The number of aromatic nitrogens is 1. The summed E-state index contributed by atoms with van der Waals surface area (Å²) in [7, 11) is 0. The number of fused-ring (bicyclic) bond motifs is 1. The van der Waals surface area contributed by atoms with E-state index < -0.39 is 0 Å². The summed E-state index contributed by atoms with van der Waals surface area (Å²) in [5.41, 5.74) is 2.19. The lowest BCUT2D eigenvalue weighted by Crippen LogP contribution is -2.47. The Hall–Kier alpha value is -3.77. The van der Waals surface area contributed by atoms with Crippen molar-refractivity contribution in [3.8, 4) is 5.75 Å². The van der Waals surface area contributed by atoms with E-state index >= 15 is 0 Å². The minimum atomic E-state index is -0.318. The Bertz CT molecular complexity index is 1310. The van der Waals surface area contributed by atoms with Crippen LogP contribution in [0.4, 0.5) is 4.39 Å². The molecule has 1 saturated heterocycles. The van der Waals surface area contributed by atoms with E-state index in [4.69, 9.17) is 4.74 Å². The van der Waals surface area contributed by atoms with E-state index in [0.29, 0.717) is 25.4 Å². The molecule has 1 aliphatic heterocycles. The van der Waals surface area contributed by atoms with Crippen LogP contribution >= 0.6 is 0 Å².